The van der Waals surface area contributed by atoms with E-state index in [1.165, 1.54) is 12.4 Å². The van der Waals surface area contributed by atoms with E-state index in [2.05, 4.69) is 20.6 Å². The number of benzene rings is 2. The average Bonchev–Trinajstić information content (AvgIpc) is 3.36. The quantitative estimate of drug-likeness (QED) is 0.714. The number of carbonyl (C=O) groups is 1. The molecule has 5 rings (SSSR count). The molecule has 9 nitrogen and oxygen atoms in total. The third-order valence-corrected chi connectivity index (χ3v) is 4.17. The van der Waals surface area contributed by atoms with E-state index in [1.807, 2.05) is 6.07 Å². The molecule has 0 aliphatic carbocycles. The third-order valence-electron chi connectivity index (χ3n) is 4.17. The van der Waals surface area contributed by atoms with Crippen molar-refractivity contribution in [3.8, 4) is 23.0 Å². The van der Waals surface area contributed by atoms with Gasteiger partial charge in [-0.3, -0.25) is 4.79 Å². The Hall–Kier alpha value is -4.01. The number of nitrogens with zero attached hydrogens (tertiary/aromatic N) is 2. The lowest BCUT2D eigenvalue weighted by Gasteiger charge is -2.08. The molecular weight excluding hydrogens is 364 g/mol. The Morgan fingerprint density at radius 2 is 1.36 bits per heavy atom. The minimum absolute atomic E-state index is 0.179. The van der Waals surface area contributed by atoms with Gasteiger partial charge in [0.15, 0.2) is 23.0 Å². The van der Waals surface area contributed by atoms with Crippen molar-refractivity contribution in [2.75, 3.05) is 24.2 Å². The van der Waals surface area contributed by atoms with Crippen molar-refractivity contribution in [1.82, 2.24) is 9.97 Å². The number of amides is 1. The fraction of sp³-hybridized carbons (Fsp3) is 0.105. The van der Waals surface area contributed by atoms with Gasteiger partial charge in [-0.15, -0.1) is 0 Å². The first-order valence-corrected chi connectivity index (χ1v) is 8.44. The van der Waals surface area contributed by atoms with Gasteiger partial charge in [0.05, 0.1) is 5.56 Å². The summed E-state index contributed by atoms with van der Waals surface area (Å²) in [7, 11) is 0. The van der Waals surface area contributed by atoms with Gasteiger partial charge in [0, 0.05) is 35.9 Å². The van der Waals surface area contributed by atoms with E-state index < -0.39 is 0 Å². The van der Waals surface area contributed by atoms with Gasteiger partial charge < -0.3 is 29.6 Å². The van der Waals surface area contributed by atoms with Gasteiger partial charge in [0.2, 0.25) is 19.5 Å². The van der Waals surface area contributed by atoms with Crippen LogP contribution in [0.5, 0.6) is 23.0 Å². The maximum atomic E-state index is 12.4. The molecular formula is C19H14N4O5. The molecule has 2 N–H and O–H groups in total. The predicted octanol–water partition coefficient (Wildman–Crippen LogP) is 2.93. The second kappa shape index (κ2) is 6.62. The van der Waals surface area contributed by atoms with E-state index >= 15 is 0 Å². The highest BCUT2D eigenvalue weighted by atomic mass is 16.7. The van der Waals surface area contributed by atoms with Gasteiger partial charge in [-0.2, -0.15) is 0 Å². The lowest BCUT2D eigenvalue weighted by molar-refractivity contribution is 0.102. The summed E-state index contributed by atoms with van der Waals surface area (Å²) in [6.45, 7) is 0.390. The molecule has 0 bridgehead atoms. The SMILES string of the molecule is O=C(Nc1ccc2c(c1)OCO2)c1cnc(Nc2ccc3c(c2)OCO3)nc1. The molecule has 0 radical (unpaired) electrons. The van der Waals surface area contributed by atoms with Crippen LogP contribution in [0.1, 0.15) is 10.4 Å². The highest BCUT2D eigenvalue weighted by Gasteiger charge is 2.16. The van der Waals surface area contributed by atoms with Gasteiger partial charge in [-0.1, -0.05) is 0 Å². The molecule has 0 saturated heterocycles. The third kappa shape index (κ3) is 3.09. The second-order valence-electron chi connectivity index (χ2n) is 6.01. The van der Waals surface area contributed by atoms with E-state index in [0.717, 1.165) is 5.69 Å². The van der Waals surface area contributed by atoms with E-state index in [-0.39, 0.29) is 19.5 Å². The Bertz CT molecular complexity index is 1050. The van der Waals surface area contributed by atoms with Crippen molar-refractivity contribution in [2.24, 2.45) is 0 Å². The van der Waals surface area contributed by atoms with Gasteiger partial charge in [-0.05, 0) is 24.3 Å². The van der Waals surface area contributed by atoms with Gasteiger partial charge in [0.1, 0.15) is 0 Å². The predicted molar refractivity (Wildman–Crippen MR) is 98.4 cm³/mol. The molecule has 0 unspecified atom stereocenters. The summed E-state index contributed by atoms with van der Waals surface area (Å²) in [5, 5.41) is 5.84. The summed E-state index contributed by atoms with van der Waals surface area (Å²) < 4.78 is 21.2. The van der Waals surface area contributed by atoms with Crippen LogP contribution < -0.4 is 29.6 Å². The zero-order valence-corrected chi connectivity index (χ0v) is 14.5. The molecule has 2 aliphatic rings. The number of nitrogens with one attached hydrogen (secondary N) is 2. The van der Waals surface area contributed by atoms with Crippen LogP contribution >= 0.6 is 0 Å². The molecule has 28 heavy (non-hydrogen) atoms. The summed E-state index contributed by atoms with van der Waals surface area (Å²) in [5.74, 6) is 2.64. The van der Waals surface area contributed by atoms with E-state index in [4.69, 9.17) is 18.9 Å². The summed E-state index contributed by atoms with van der Waals surface area (Å²) in [6.07, 6.45) is 2.90. The van der Waals surface area contributed by atoms with E-state index in [1.54, 1.807) is 30.3 Å². The number of hydrogen-bond donors (Lipinski definition) is 2. The van der Waals surface area contributed by atoms with Crippen molar-refractivity contribution in [3.05, 3.63) is 54.4 Å². The van der Waals surface area contributed by atoms with Crippen molar-refractivity contribution >= 4 is 23.2 Å². The van der Waals surface area contributed by atoms with E-state index in [0.29, 0.717) is 40.2 Å². The molecule has 1 amide bonds. The molecule has 3 aromatic rings. The minimum Gasteiger partial charge on any atom is -0.454 e. The standard InChI is InChI=1S/C19H14N4O5/c24-18(22-12-1-3-14-16(5-12)27-9-25-14)11-7-20-19(21-8-11)23-13-2-4-15-17(6-13)28-10-26-15/h1-8H,9-10H2,(H,22,24)(H,20,21,23). The summed E-state index contributed by atoms with van der Waals surface area (Å²) in [5.41, 5.74) is 1.67. The normalized spacial score (nSPS) is 13.3. The maximum absolute atomic E-state index is 12.4. The lowest BCUT2D eigenvalue weighted by atomic mass is 10.2. The molecule has 2 aromatic carbocycles. The molecule has 1 aromatic heterocycles. The first-order valence-electron chi connectivity index (χ1n) is 8.44. The molecule has 9 heteroatoms. The van der Waals surface area contributed by atoms with Crippen molar-refractivity contribution in [1.29, 1.82) is 0 Å². The largest absolute Gasteiger partial charge is 0.454 e. The highest BCUT2D eigenvalue weighted by Crippen LogP contribution is 2.35. The zero-order valence-electron chi connectivity index (χ0n) is 14.5. The molecule has 0 saturated carbocycles. The van der Waals surface area contributed by atoms with Crippen LogP contribution in [-0.2, 0) is 0 Å². The van der Waals surface area contributed by atoms with Crippen LogP contribution in [0.2, 0.25) is 0 Å². The number of carbonyl (C=O) groups excluding carboxylic acids is 1. The fourth-order valence-corrected chi connectivity index (χ4v) is 2.79. The van der Waals surface area contributed by atoms with E-state index in [9.17, 15) is 4.79 Å². The van der Waals surface area contributed by atoms with Crippen LogP contribution in [0.25, 0.3) is 0 Å². The van der Waals surface area contributed by atoms with Gasteiger partial charge in [-0.25, -0.2) is 9.97 Å². The molecule has 2 aliphatic heterocycles. The van der Waals surface area contributed by atoms with Crippen LogP contribution in [-0.4, -0.2) is 29.5 Å². The number of hydrogen-bond acceptors (Lipinski definition) is 8. The molecule has 140 valence electrons. The fourth-order valence-electron chi connectivity index (χ4n) is 2.79. The summed E-state index contributed by atoms with van der Waals surface area (Å²) in [6, 6.07) is 10.6. The van der Waals surface area contributed by atoms with Crippen molar-refractivity contribution in [3.63, 3.8) is 0 Å². The Labute approximate surface area is 159 Å². The first kappa shape index (κ1) is 16.2. The Morgan fingerprint density at radius 1 is 0.786 bits per heavy atom. The molecule has 3 heterocycles. The topological polar surface area (TPSA) is 104 Å². The van der Waals surface area contributed by atoms with Gasteiger partial charge >= 0.3 is 0 Å². The summed E-state index contributed by atoms with van der Waals surface area (Å²) in [4.78, 5) is 20.8. The molecule has 0 spiro atoms. The van der Waals surface area contributed by atoms with Crippen LogP contribution in [0, 0.1) is 0 Å². The highest BCUT2D eigenvalue weighted by molar-refractivity contribution is 6.04. The Morgan fingerprint density at radius 3 is 2.04 bits per heavy atom. The summed E-state index contributed by atoms with van der Waals surface area (Å²) >= 11 is 0. The molecule has 0 atom stereocenters. The monoisotopic (exact) mass is 378 g/mol. The Balaban J connectivity index is 1.26. The maximum Gasteiger partial charge on any atom is 0.258 e. The average molecular weight is 378 g/mol. The smallest absolute Gasteiger partial charge is 0.258 e. The lowest BCUT2D eigenvalue weighted by Crippen LogP contribution is -2.13. The van der Waals surface area contributed by atoms with Crippen molar-refractivity contribution < 1.29 is 23.7 Å². The minimum atomic E-state index is -0.325. The number of ether oxygens (including phenoxy) is 4. The van der Waals surface area contributed by atoms with Crippen LogP contribution in [0.3, 0.4) is 0 Å². The van der Waals surface area contributed by atoms with Crippen molar-refractivity contribution in [2.45, 2.75) is 0 Å². The first-order chi connectivity index (χ1) is 13.7. The number of fused-ring (bicyclic) bond motifs is 2. The van der Waals surface area contributed by atoms with Crippen LogP contribution in [0.4, 0.5) is 17.3 Å². The number of rotatable bonds is 4. The van der Waals surface area contributed by atoms with Crippen LogP contribution in [0.15, 0.2) is 48.8 Å². The number of aromatic nitrogens is 2. The second-order valence-corrected chi connectivity index (χ2v) is 6.01. The Kier molecular flexibility index (Phi) is 3.82. The van der Waals surface area contributed by atoms with Gasteiger partial charge in [0.25, 0.3) is 5.91 Å². The number of anilines is 3. The molecule has 0 fully saturated rings. The zero-order chi connectivity index (χ0) is 18.9.